The SMILES string of the molecule is CCCN1CCC(CNC(=NC)NC(C)(C)C)CC1.I. The summed E-state index contributed by atoms with van der Waals surface area (Å²) in [6.45, 7) is 13.5. The molecule has 0 aromatic rings. The maximum Gasteiger partial charge on any atom is 0.191 e. The zero-order valence-corrected chi connectivity index (χ0v) is 16.2. The number of hydrogen-bond donors (Lipinski definition) is 2. The fourth-order valence-corrected chi connectivity index (χ4v) is 2.51. The average molecular weight is 396 g/mol. The van der Waals surface area contributed by atoms with Gasteiger partial charge in [-0.15, -0.1) is 24.0 Å². The largest absolute Gasteiger partial charge is 0.356 e. The molecule has 1 rings (SSSR count). The van der Waals surface area contributed by atoms with Gasteiger partial charge in [0.1, 0.15) is 0 Å². The number of likely N-dealkylation sites (tertiary alicyclic amines) is 1. The Labute approximate surface area is 142 Å². The van der Waals surface area contributed by atoms with Crippen LogP contribution in [0, 0.1) is 5.92 Å². The minimum atomic E-state index is 0. The zero-order chi connectivity index (χ0) is 14.3. The predicted octanol–water partition coefficient (Wildman–Crippen LogP) is 2.69. The van der Waals surface area contributed by atoms with Gasteiger partial charge in [-0.2, -0.15) is 0 Å². The lowest BCUT2D eigenvalue weighted by molar-refractivity contribution is 0.185. The molecule has 0 bridgehead atoms. The van der Waals surface area contributed by atoms with Gasteiger partial charge in [0.25, 0.3) is 0 Å². The molecule has 1 saturated heterocycles. The van der Waals surface area contributed by atoms with Gasteiger partial charge in [-0.05, 0) is 65.6 Å². The molecule has 0 aromatic heterocycles. The van der Waals surface area contributed by atoms with E-state index < -0.39 is 0 Å². The minimum absolute atomic E-state index is 0. The molecule has 120 valence electrons. The first-order valence-electron chi connectivity index (χ1n) is 7.65. The van der Waals surface area contributed by atoms with Crippen molar-refractivity contribution in [2.24, 2.45) is 10.9 Å². The first kappa shape index (κ1) is 20.0. The number of aliphatic imine (C=N–C) groups is 1. The Balaban J connectivity index is 0.00000361. The average Bonchev–Trinajstić information content (AvgIpc) is 2.35. The Morgan fingerprint density at radius 3 is 2.30 bits per heavy atom. The number of halogens is 1. The number of guanidine groups is 1. The number of piperidine rings is 1. The Bertz CT molecular complexity index is 278. The van der Waals surface area contributed by atoms with Crippen LogP contribution in [0.2, 0.25) is 0 Å². The first-order valence-corrected chi connectivity index (χ1v) is 7.65. The van der Waals surface area contributed by atoms with Gasteiger partial charge < -0.3 is 15.5 Å². The minimum Gasteiger partial charge on any atom is -0.356 e. The van der Waals surface area contributed by atoms with Crippen molar-refractivity contribution in [3.8, 4) is 0 Å². The number of nitrogens with one attached hydrogen (secondary N) is 2. The summed E-state index contributed by atoms with van der Waals surface area (Å²) in [5.74, 6) is 1.70. The van der Waals surface area contributed by atoms with E-state index in [1.165, 1.54) is 38.9 Å². The Morgan fingerprint density at radius 1 is 1.25 bits per heavy atom. The van der Waals surface area contributed by atoms with Gasteiger partial charge in [0.15, 0.2) is 5.96 Å². The van der Waals surface area contributed by atoms with Crippen LogP contribution in [0.4, 0.5) is 0 Å². The smallest absolute Gasteiger partial charge is 0.191 e. The van der Waals surface area contributed by atoms with E-state index in [4.69, 9.17) is 0 Å². The molecule has 0 radical (unpaired) electrons. The van der Waals surface area contributed by atoms with Crippen molar-refractivity contribution < 1.29 is 0 Å². The lowest BCUT2D eigenvalue weighted by Crippen LogP contribution is -2.49. The van der Waals surface area contributed by atoms with Crippen molar-refractivity contribution in [2.45, 2.75) is 52.5 Å². The van der Waals surface area contributed by atoms with Crippen molar-refractivity contribution >= 4 is 29.9 Å². The van der Waals surface area contributed by atoms with Crippen molar-refractivity contribution in [2.75, 3.05) is 33.2 Å². The van der Waals surface area contributed by atoms with E-state index in [2.05, 4.69) is 48.2 Å². The molecule has 20 heavy (non-hydrogen) atoms. The van der Waals surface area contributed by atoms with Crippen LogP contribution in [-0.2, 0) is 0 Å². The fraction of sp³-hybridized carbons (Fsp3) is 0.933. The number of hydrogen-bond acceptors (Lipinski definition) is 2. The molecule has 0 spiro atoms. The van der Waals surface area contributed by atoms with E-state index in [0.29, 0.717) is 0 Å². The van der Waals surface area contributed by atoms with Gasteiger partial charge in [0, 0.05) is 19.1 Å². The van der Waals surface area contributed by atoms with E-state index in [-0.39, 0.29) is 29.5 Å². The van der Waals surface area contributed by atoms with Gasteiger partial charge >= 0.3 is 0 Å². The Morgan fingerprint density at radius 2 is 1.85 bits per heavy atom. The van der Waals surface area contributed by atoms with Gasteiger partial charge in [-0.3, -0.25) is 4.99 Å². The molecule has 0 aliphatic carbocycles. The standard InChI is InChI=1S/C15H32N4.HI/c1-6-9-19-10-7-13(8-11-19)12-17-14(16-5)18-15(2,3)4;/h13H,6-12H2,1-5H3,(H2,16,17,18);1H. The highest BCUT2D eigenvalue weighted by molar-refractivity contribution is 14.0. The summed E-state index contributed by atoms with van der Waals surface area (Å²) in [6, 6.07) is 0. The van der Waals surface area contributed by atoms with Crippen LogP contribution in [0.5, 0.6) is 0 Å². The zero-order valence-electron chi connectivity index (χ0n) is 13.8. The van der Waals surface area contributed by atoms with Crippen LogP contribution >= 0.6 is 24.0 Å². The molecule has 5 heteroatoms. The quantitative estimate of drug-likeness (QED) is 0.436. The summed E-state index contributed by atoms with van der Waals surface area (Å²) in [7, 11) is 1.84. The van der Waals surface area contributed by atoms with Crippen LogP contribution in [-0.4, -0.2) is 49.6 Å². The van der Waals surface area contributed by atoms with Crippen molar-refractivity contribution in [1.82, 2.24) is 15.5 Å². The highest BCUT2D eigenvalue weighted by Crippen LogP contribution is 2.16. The third-order valence-corrected chi connectivity index (χ3v) is 3.52. The van der Waals surface area contributed by atoms with Crippen molar-refractivity contribution in [3.05, 3.63) is 0 Å². The third kappa shape index (κ3) is 8.29. The Kier molecular flexibility index (Phi) is 9.80. The molecule has 1 aliphatic rings. The second kappa shape index (κ2) is 9.82. The van der Waals surface area contributed by atoms with E-state index in [1.54, 1.807) is 0 Å². The van der Waals surface area contributed by atoms with Crippen molar-refractivity contribution in [1.29, 1.82) is 0 Å². The normalized spacial score (nSPS) is 18.6. The van der Waals surface area contributed by atoms with Gasteiger partial charge in [-0.1, -0.05) is 6.92 Å². The Hall–Kier alpha value is -0.0400. The van der Waals surface area contributed by atoms with Gasteiger partial charge in [0.05, 0.1) is 0 Å². The summed E-state index contributed by atoms with van der Waals surface area (Å²) >= 11 is 0. The fourth-order valence-electron chi connectivity index (χ4n) is 2.51. The molecule has 0 amide bonds. The summed E-state index contributed by atoms with van der Waals surface area (Å²) < 4.78 is 0. The highest BCUT2D eigenvalue weighted by Gasteiger charge is 2.19. The molecule has 1 fully saturated rings. The molecule has 0 unspecified atom stereocenters. The lowest BCUT2D eigenvalue weighted by atomic mass is 9.97. The highest BCUT2D eigenvalue weighted by atomic mass is 127. The maximum absolute atomic E-state index is 4.29. The number of nitrogens with zero attached hydrogens (tertiary/aromatic N) is 2. The third-order valence-electron chi connectivity index (χ3n) is 3.52. The first-order chi connectivity index (χ1) is 8.94. The monoisotopic (exact) mass is 396 g/mol. The van der Waals surface area contributed by atoms with Crippen LogP contribution in [0.25, 0.3) is 0 Å². The van der Waals surface area contributed by atoms with E-state index >= 15 is 0 Å². The second-order valence-electron chi connectivity index (χ2n) is 6.61. The summed E-state index contributed by atoms with van der Waals surface area (Å²) in [5.41, 5.74) is 0.0618. The molecule has 0 saturated carbocycles. The lowest BCUT2D eigenvalue weighted by Gasteiger charge is -2.32. The molecule has 2 N–H and O–H groups in total. The molecule has 0 atom stereocenters. The molecule has 0 aromatic carbocycles. The summed E-state index contributed by atoms with van der Waals surface area (Å²) in [4.78, 5) is 6.87. The van der Waals surface area contributed by atoms with Gasteiger partial charge in [0.2, 0.25) is 0 Å². The van der Waals surface area contributed by atoms with Crippen molar-refractivity contribution in [3.63, 3.8) is 0 Å². The van der Waals surface area contributed by atoms with Crippen LogP contribution in [0.15, 0.2) is 4.99 Å². The predicted molar refractivity (Wildman–Crippen MR) is 99.1 cm³/mol. The number of rotatable bonds is 4. The summed E-state index contributed by atoms with van der Waals surface area (Å²) in [5, 5.41) is 6.87. The summed E-state index contributed by atoms with van der Waals surface area (Å²) in [6.07, 6.45) is 3.88. The van der Waals surface area contributed by atoms with Crippen LogP contribution in [0.3, 0.4) is 0 Å². The van der Waals surface area contributed by atoms with E-state index in [9.17, 15) is 0 Å². The molecule has 1 aliphatic heterocycles. The molecular weight excluding hydrogens is 363 g/mol. The van der Waals surface area contributed by atoms with E-state index in [1.807, 2.05) is 7.05 Å². The molecule has 4 nitrogen and oxygen atoms in total. The maximum atomic E-state index is 4.29. The topological polar surface area (TPSA) is 39.7 Å². The molecule has 1 heterocycles. The van der Waals surface area contributed by atoms with Crippen LogP contribution in [0.1, 0.15) is 47.0 Å². The van der Waals surface area contributed by atoms with E-state index in [0.717, 1.165) is 18.4 Å². The second-order valence-corrected chi connectivity index (χ2v) is 6.61. The van der Waals surface area contributed by atoms with Crippen LogP contribution < -0.4 is 10.6 Å². The molecular formula is C15H33IN4. The van der Waals surface area contributed by atoms with Gasteiger partial charge in [-0.25, -0.2) is 0 Å².